The number of ether oxygens (including phenoxy) is 2. The summed E-state index contributed by atoms with van der Waals surface area (Å²) in [6.07, 6.45) is 4.34. The van der Waals surface area contributed by atoms with Gasteiger partial charge in [0, 0.05) is 44.9 Å². The van der Waals surface area contributed by atoms with Gasteiger partial charge < -0.3 is 24.8 Å². The molecule has 8 nitrogen and oxygen atoms in total. The van der Waals surface area contributed by atoms with Gasteiger partial charge in [-0.3, -0.25) is 9.67 Å². The Hall–Kier alpha value is -2.74. The van der Waals surface area contributed by atoms with Crippen molar-refractivity contribution in [3.63, 3.8) is 0 Å². The van der Waals surface area contributed by atoms with Crippen LogP contribution in [0.4, 0.5) is 0 Å². The van der Waals surface area contributed by atoms with Crippen LogP contribution in [0.1, 0.15) is 36.5 Å². The van der Waals surface area contributed by atoms with Gasteiger partial charge in [-0.05, 0) is 36.6 Å². The number of hydrogen-bond donors (Lipinski definition) is 2. The van der Waals surface area contributed by atoms with Gasteiger partial charge in [-0.25, -0.2) is 0 Å². The minimum absolute atomic E-state index is 0.257. The number of aromatic nitrogens is 2. The fraction of sp³-hybridized carbons (Fsp3) is 0.524. The van der Waals surface area contributed by atoms with E-state index in [4.69, 9.17) is 14.5 Å². The monoisotopic (exact) mass is 401 g/mol. The van der Waals surface area contributed by atoms with Crippen LogP contribution in [-0.4, -0.2) is 66.1 Å². The van der Waals surface area contributed by atoms with Crippen molar-refractivity contribution in [1.82, 2.24) is 20.0 Å². The van der Waals surface area contributed by atoms with Gasteiger partial charge >= 0.3 is 0 Å². The molecule has 2 unspecified atom stereocenters. The maximum atomic E-state index is 10.7. The van der Waals surface area contributed by atoms with Crippen molar-refractivity contribution < 1.29 is 14.6 Å². The SMILES string of the molecule is CCNC(=NCC(O)c1cc(OC)cc(OC)c1)N1CCC(c2cnn(C)c2)C1. The largest absolute Gasteiger partial charge is 0.497 e. The van der Waals surface area contributed by atoms with Gasteiger partial charge in [-0.15, -0.1) is 0 Å². The van der Waals surface area contributed by atoms with Crippen LogP contribution in [0.15, 0.2) is 35.6 Å². The third-order valence-corrected chi connectivity index (χ3v) is 5.19. The first-order valence-corrected chi connectivity index (χ1v) is 9.96. The Morgan fingerprint density at radius 1 is 1.31 bits per heavy atom. The van der Waals surface area contributed by atoms with Crippen LogP contribution in [-0.2, 0) is 7.05 Å². The van der Waals surface area contributed by atoms with E-state index in [0.717, 1.165) is 37.6 Å². The molecule has 1 saturated heterocycles. The highest BCUT2D eigenvalue weighted by Crippen LogP contribution is 2.28. The summed E-state index contributed by atoms with van der Waals surface area (Å²) in [7, 11) is 5.13. The number of rotatable bonds is 7. The van der Waals surface area contributed by atoms with Gasteiger partial charge in [0.1, 0.15) is 11.5 Å². The van der Waals surface area contributed by atoms with Gasteiger partial charge in [0.15, 0.2) is 5.96 Å². The summed E-state index contributed by atoms with van der Waals surface area (Å²) in [5.74, 6) is 2.56. The van der Waals surface area contributed by atoms with E-state index in [-0.39, 0.29) is 6.54 Å². The second-order valence-corrected chi connectivity index (χ2v) is 7.24. The summed E-state index contributed by atoms with van der Waals surface area (Å²) >= 11 is 0. The first-order valence-electron chi connectivity index (χ1n) is 9.96. The van der Waals surface area contributed by atoms with E-state index >= 15 is 0 Å². The van der Waals surface area contributed by atoms with Crippen molar-refractivity contribution in [2.45, 2.75) is 25.4 Å². The lowest BCUT2D eigenvalue weighted by atomic mass is 10.0. The van der Waals surface area contributed by atoms with Crippen molar-refractivity contribution in [2.24, 2.45) is 12.0 Å². The van der Waals surface area contributed by atoms with Crippen LogP contribution < -0.4 is 14.8 Å². The van der Waals surface area contributed by atoms with Gasteiger partial charge in [-0.2, -0.15) is 5.10 Å². The third-order valence-electron chi connectivity index (χ3n) is 5.19. The average molecular weight is 402 g/mol. The summed E-state index contributed by atoms with van der Waals surface area (Å²) in [4.78, 5) is 6.95. The molecular weight excluding hydrogens is 370 g/mol. The Kier molecular flexibility index (Phi) is 6.98. The zero-order chi connectivity index (χ0) is 20.8. The number of likely N-dealkylation sites (tertiary alicyclic amines) is 1. The van der Waals surface area contributed by atoms with E-state index in [0.29, 0.717) is 17.4 Å². The summed E-state index contributed by atoms with van der Waals surface area (Å²) in [5.41, 5.74) is 1.98. The Morgan fingerprint density at radius 3 is 2.62 bits per heavy atom. The zero-order valence-electron chi connectivity index (χ0n) is 17.6. The number of methoxy groups -OCH3 is 2. The first kappa shape index (κ1) is 21.0. The molecule has 29 heavy (non-hydrogen) atoms. The third kappa shape index (κ3) is 5.20. The average Bonchev–Trinajstić information content (AvgIpc) is 3.39. The van der Waals surface area contributed by atoms with E-state index in [9.17, 15) is 5.11 Å². The topological polar surface area (TPSA) is 84.1 Å². The highest BCUT2D eigenvalue weighted by atomic mass is 16.5. The molecule has 2 aromatic rings. The molecule has 0 radical (unpaired) electrons. The molecule has 0 saturated carbocycles. The highest BCUT2D eigenvalue weighted by molar-refractivity contribution is 5.80. The number of aryl methyl sites for hydroxylation is 1. The predicted octanol–water partition coefficient (Wildman–Crippen LogP) is 1.93. The number of nitrogens with zero attached hydrogens (tertiary/aromatic N) is 4. The van der Waals surface area contributed by atoms with Crippen LogP contribution in [0, 0.1) is 0 Å². The van der Waals surface area contributed by atoms with E-state index in [2.05, 4.69) is 21.5 Å². The summed E-state index contributed by atoms with van der Waals surface area (Å²) in [5, 5.41) is 18.3. The molecule has 1 aliphatic heterocycles. The van der Waals surface area contributed by atoms with Gasteiger partial charge in [0.2, 0.25) is 0 Å². The second kappa shape index (κ2) is 9.65. The lowest BCUT2D eigenvalue weighted by Gasteiger charge is -2.22. The standard InChI is InChI=1S/C21H31N5O3/c1-5-22-21(26-7-6-15(14-26)17-11-24-25(2)13-17)23-12-20(27)16-8-18(28-3)10-19(9-16)29-4/h8-11,13,15,20,27H,5-7,12,14H2,1-4H3,(H,22,23). The molecule has 1 aromatic carbocycles. The Labute approximate surface area is 172 Å². The Morgan fingerprint density at radius 2 is 2.03 bits per heavy atom. The van der Waals surface area contributed by atoms with Crippen molar-refractivity contribution in [3.05, 3.63) is 41.7 Å². The summed E-state index contributed by atoms with van der Waals surface area (Å²) < 4.78 is 12.4. The molecule has 2 atom stereocenters. The quantitative estimate of drug-likeness (QED) is 0.545. The Balaban J connectivity index is 1.69. The number of aliphatic hydroxyl groups excluding tert-OH is 1. The molecule has 0 amide bonds. The minimum atomic E-state index is -0.746. The van der Waals surface area contributed by atoms with Crippen molar-refractivity contribution in [2.75, 3.05) is 40.4 Å². The first-order chi connectivity index (χ1) is 14.0. The van der Waals surface area contributed by atoms with E-state index in [1.165, 1.54) is 5.56 Å². The maximum Gasteiger partial charge on any atom is 0.194 e. The highest BCUT2D eigenvalue weighted by Gasteiger charge is 2.27. The molecule has 0 aliphatic carbocycles. The van der Waals surface area contributed by atoms with Crippen LogP contribution >= 0.6 is 0 Å². The summed E-state index contributed by atoms with van der Waals surface area (Å²) in [6, 6.07) is 5.40. The Bertz CT molecular complexity index is 813. The fourth-order valence-electron chi connectivity index (χ4n) is 3.60. The van der Waals surface area contributed by atoms with Gasteiger partial charge in [0.25, 0.3) is 0 Å². The van der Waals surface area contributed by atoms with E-state index in [1.54, 1.807) is 20.3 Å². The molecule has 158 valence electrons. The minimum Gasteiger partial charge on any atom is -0.497 e. The molecule has 3 rings (SSSR count). The van der Waals surface area contributed by atoms with Crippen LogP contribution in [0.2, 0.25) is 0 Å². The predicted molar refractivity (Wildman–Crippen MR) is 113 cm³/mol. The van der Waals surface area contributed by atoms with Crippen molar-refractivity contribution in [3.8, 4) is 11.5 Å². The zero-order valence-corrected chi connectivity index (χ0v) is 17.6. The molecule has 2 N–H and O–H groups in total. The molecule has 1 aromatic heterocycles. The molecule has 0 spiro atoms. The maximum absolute atomic E-state index is 10.7. The second-order valence-electron chi connectivity index (χ2n) is 7.24. The lowest BCUT2D eigenvalue weighted by Crippen LogP contribution is -2.40. The number of guanidine groups is 1. The van der Waals surface area contributed by atoms with Crippen LogP contribution in [0.3, 0.4) is 0 Å². The van der Waals surface area contributed by atoms with E-state index < -0.39 is 6.10 Å². The molecule has 2 heterocycles. The number of nitrogens with one attached hydrogen (secondary N) is 1. The number of benzene rings is 1. The molecular formula is C21H31N5O3. The van der Waals surface area contributed by atoms with E-state index in [1.807, 2.05) is 37.0 Å². The molecule has 1 aliphatic rings. The van der Waals surface area contributed by atoms with Gasteiger partial charge in [0.05, 0.1) is 33.1 Å². The fourth-order valence-corrected chi connectivity index (χ4v) is 3.60. The normalized spacial score (nSPS) is 18.0. The number of aliphatic hydroxyl groups is 1. The number of aliphatic imine (C=N–C) groups is 1. The molecule has 0 bridgehead atoms. The summed E-state index contributed by atoms with van der Waals surface area (Å²) in [6.45, 7) is 4.89. The van der Waals surface area contributed by atoms with Crippen LogP contribution in [0.5, 0.6) is 11.5 Å². The van der Waals surface area contributed by atoms with Crippen molar-refractivity contribution >= 4 is 5.96 Å². The number of hydrogen-bond acceptors (Lipinski definition) is 5. The smallest absolute Gasteiger partial charge is 0.194 e. The van der Waals surface area contributed by atoms with Crippen molar-refractivity contribution in [1.29, 1.82) is 0 Å². The molecule has 1 fully saturated rings. The lowest BCUT2D eigenvalue weighted by molar-refractivity contribution is 0.185. The molecule has 8 heteroatoms. The van der Waals surface area contributed by atoms with Crippen LogP contribution in [0.25, 0.3) is 0 Å². The van der Waals surface area contributed by atoms with Gasteiger partial charge in [-0.1, -0.05) is 0 Å².